The predicted molar refractivity (Wildman–Crippen MR) is 104 cm³/mol. The fraction of sp³-hybridized carbons (Fsp3) is 0.278. The van der Waals surface area contributed by atoms with Gasteiger partial charge in [-0.3, -0.25) is 4.79 Å². The van der Waals surface area contributed by atoms with Crippen molar-refractivity contribution >= 4 is 40.2 Å². The zero-order valence-electron chi connectivity index (χ0n) is 14.6. The van der Waals surface area contributed by atoms with E-state index in [0.29, 0.717) is 5.69 Å². The molecule has 0 bridgehead atoms. The minimum atomic E-state index is -0.0957. The Hall–Kier alpha value is -2.54. The molecule has 6 nitrogen and oxygen atoms in total. The molecule has 0 saturated carbocycles. The van der Waals surface area contributed by atoms with Crippen molar-refractivity contribution in [1.82, 2.24) is 14.5 Å². The molecular formula is C18H21N5OS. The number of hydrogen-bond acceptors (Lipinski definition) is 5. The largest absolute Gasteiger partial charge is 0.361 e. The SMILES string of the molecule is CSCc1nc2ccccc2n1CC(=O)Nc1cccnc1N(C)C. The molecule has 7 heteroatoms. The number of para-hydroxylation sites is 2. The van der Waals surface area contributed by atoms with Crippen LogP contribution in [0.2, 0.25) is 0 Å². The molecule has 0 saturated heterocycles. The zero-order chi connectivity index (χ0) is 17.8. The van der Waals surface area contributed by atoms with Gasteiger partial charge in [-0.1, -0.05) is 12.1 Å². The van der Waals surface area contributed by atoms with Crippen molar-refractivity contribution in [3.8, 4) is 0 Å². The van der Waals surface area contributed by atoms with Gasteiger partial charge in [0.1, 0.15) is 12.4 Å². The number of pyridine rings is 1. The summed E-state index contributed by atoms with van der Waals surface area (Å²) in [6, 6.07) is 11.6. The number of nitrogens with zero attached hydrogens (tertiary/aromatic N) is 4. The molecule has 3 aromatic rings. The van der Waals surface area contributed by atoms with Crippen molar-refractivity contribution in [3.63, 3.8) is 0 Å². The molecule has 0 aliphatic carbocycles. The van der Waals surface area contributed by atoms with Crippen LogP contribution < -0.4 is 10.2 Å². The highest BCUT2D eigenvalue weighted by atomic mass is 32.2. The van der Waals surface area contributed by atoms with Crippen molar-refractivity contribution in [2.24, 2.45) is 0 Å². The van der Waals surface area contributed by atoms with E-state index in [1.807, 2.05) is 66.2 Å². The number of benzene rings is 1. The Balaban J connectivity index is 1.86. The molecule has 2 heterocycles. The van der Waals surface area contributed by atoms with Gasteiger partial charge in [0.25, 0.3) is 0 Å². The van der Waals surface area contributed by atoms with Crippen molar-refractivity contribution in [1.29, 1.82) is 0 Å². The van der Waals surface area contributed by atoms with Crippen LogP contribution in [0.25, 0.3) is 11.0 Å². The molecule has 1 aromatic carbocycles. The molecule has 0 spiro atoms. The minimum Gasteiger partial charge on any atom is -0.361 e. The first-order chi connectivity index (χ1) is 12.1. The third kappa shape index (κ3) is 3.76. The van der Waals surface area contributed by atoms with Gasteiger partial charge >= 0.3 is 0 Å². The van der Waals surface area contributed by atoms with Crippen LogP contribution in [-0.4, -0.2) is 40.8 Å². The van der Waals surface area contributed by atoms with Crippen LogP contribution in [0.5, 0.6) is 0 Å². The standard InChI is InChI=1S/C18H21N5OS/c1-22(2)18-14(8-6-10-19-18)21-17(24)11-23-15-9-5-4-7-13(15)20-16(23)12-25-3/h4-10H,11-12H2,1-3H3,(H,21,24). The van der Waals surface area contributed by atoms with Crippen molar-refractivity contribution in [2.45, 2.75) is 12.3 Å². The Kier molecular flexibility index (Phi) is 5.23. The van der Waals surface area contributed by atoms with Gasteiger partial charge in [-0.15, -0.1) is 0 Å². The molecular weight excluding hydrogens is 334 g/mol. The lowest BCUT2D eigenvalue weighted by Crippen LogP contribution is -2.22. The average Bonchev–Trinajstić information content (AvgIpc) is 2.93. The second-order valence-corrected chi connectivity index (χ2v) is 6.72. The van der Waals surface area contributed by atoms with Gasteiger partial charge in [0.15, 0.2) is 5.82 Å². The predicted octanol–water partition coefficient (Wildman–Crippen LogP) is 3.00. The van der Waals surface area contributed by atoms with Gasteiger partial charge in [-0.05, 0) is 30.5 Å². The van der Waals surface area contributed by atoms with Crippen LogP contribution in [-0.2, 0) is 17.1 Å². The van der Waals surface area contributed by atoms with Crippen LogP contribution in [0, 0.1) is 0 Å². The lowest BCUT2D eigenvalue weighted by atomic mass is 10.3. The summed E-state index contributed by atoms with van der Waals surface area (Å²) >= 11 is 1.69. The van der Waals surface area contributed by atoms with Gasteiger partial charge in [-0.25, -0.2) is 9.97 Å². The van der Waals surface area contributed by atoms with Crippen LogP contribution in [0.15, 0.2) is 42.6 Å². The van der Waals surface area contributed by atoms with E-state index in [0.717, 1.165) is 28.4 Å². The monoisotopic (exact) mass is 355 g/mol. The van der Waals surface area contributed by atoms with Crippen molar-refractivity contribution in [2.75, 3.05) is 30.6 Å². The van der Waals surface area contributed by atoms with E-state index in [2.05, 4.69) is 15.3 Å². The molecule has 0 aliphatic heterocycles. The molecule has 2 aromatic heterocycles. The van der Waals surface area contributed by atoms with E-state index < -0.39 is 0 Å². The third-order valence-electron chi connectivity index (χ3n) is 3.79. The Bertz CT molecular complexity index is 890. The summed E-state index contributed by atoms with van der Waals surface area (Å²) in [5.41, 5.74) is 2.59. The van der Waals surface area contributed by atoms with E-state index in [1.165, 1.54) is 0 Å². The van der Waals surface area contributed by atoms with Crippen molar-refractivity contribution < 1.29 is 4.79 Å². The topological polar surface area (TPSA) is 63.1 Å². The zero-order valence-corrected chi connectivity index (χ0v) is 15.4. The molecule has 0 unspecified atom stereocenters. The maximum absolute atomic E-state index is 12.6. The molecule has 3 rings (SSSR count). The first kappa shape index (κ1) is 17.3. The molecule has 1 amide bonds. The van der Waals surface area contributed by atoms with Crippen LogP contribution in [0.1, 0.15) is 5.82 Å². The molecule has 25 heavy (non-hydrogen) atoms. The number of amides is 1. The summed E-state index contributed by atoms with van der Waals surface area (Å²) < 4.78 is 1.98. The number of rotatable bonds is 6. The first-order valence-electron chi connectivity index (χ1n) is 7.95. The lowest BCUT2D eigenvalue weighted by molar-refractivity contribution is -0.116. The summed E-state index contributed by atoms with van der Waals surface area (Å²) in [6.07, 6.45) is 3.74. The van der Waals surface area contributed by atoms with Gasteiger partial charge in [-0.2, -0.15) is 11.8 Å². The van der Waals surface area contributed by atoms with E-state index in [1.54, 1.807) is 18.0 Å². The molecule has 130 valence electrons. The number of anilines is 2. The number of hydrogen-bond donors (Lipinski definition) is 1. The van der Waals surface area contributed by atoms with Gasteiger partial charge in [0, 0.05) is 20.3 Å². The van der Waals surface area contributed by atoms with Crippen LogP contribution in [0.4, 0.5) is 11.5 Å². The number of nitrogens with one attached hydrogen (secondary N) is 1. The van der Waals surface area contributed by atoms with E-state index in [4.69, 9.17) is 0 Å². The lowest BCUT2D eigenvalue weighted by Gasteiger charge is -2.16. The Morgan fingerprint density at radius 2 is 2.04 bits per heavy atom. The number of carbonyl (C=O) groups is 1. The number of fused-ring (bicyclic) bond motifs is 1. The molecule has 0 fully saturated rings. The average molecular weight is 355 g/mol. The molecule has 0 aliphatic rings. The highest BCUT2D eigenvalue weighted by Gasteiger charge is 2.15. The summed E-state index contributed by atoms with van der Waals surface area (Å²) in [7, 11) is 3.80. The summed E-state index contributed by atoms with van der Waals surface area (Å²) in [5, 5.41) is 2.97. The van der Waals surface area contributed by atoms with Gasteiger partial charge in [0.05, 0.1) is 22.5 Å². The highest BCUT2D eigenvalue weighted by molar-refractivity contribution is 7.97. The number of thioether (sulfide) groups is 1. The summed E-state index contributed by atoms with van der Waals surface area (Å²) in [6.45, 7) is 0.220. The fourth-order valence-electron chi connectivity index (χ4n) is 2.73. The second-order valence-electron chi connectivity index (χ2n) is 5.85. The molecule has 1 N–H and O–H groups in total. The molecule has 0 radical (unpaired) electrons. The highest BCUT2D eigenvalue weighted by Crippen LogP contribution is 2.22. The maximum atomic E-state index is 12.6. The van der Waals surface area contributed by atoms with E-state index in [-0.39, 0.29) is 12.5 Å². The second kappa shape index (κ2) is 7.57. The number of aromatic nitrogens is 3. The summed E-state index contributed by atoms with van der Waals surface area (Å²) in [5.74, 6) is 2.30. The smallest absolute Gasteiger partial charge is 0.244 e. The van der Waals surface area contributed by atoms with Crippen LogP contribution in [0.3, 0.4) is 0 Å². The van der Waals surface area contributed by atoms with Gasteiger partial charge in [0.2, 0.25) is 5.91 Å². The normalized spacial score (nSPS) is 10.8. The third-order valence-corrected chi connectivity index (χ3v) is 4.34. The molecule has 0 atom stereocenters. The maximum Gasteiger partial charge on any atom is 0.244 e. The Morgan fingerprint density at radius 3 is 2.80 bits per heavy atom. The number of carbonyl (C=O) groups excluding carboxylic acids is 1. The number of imidazole rings is 1. The van der Waals surface area contributed by atoms with Crippen molar-refractivity contribution in [3.05, 3.63) is 48.4 Å². The van der Waals surface area contributed by atoms with Gasteiger partial charge < -0.3 is 14.8 Å². The van der Waals surface area contributed by atoms with E-state index >= 15 is 0 Å². The quantitative estimate of drug-likeness (QED) is 0.736. The Morgan fingerprint density at radius 1 is 1.24 bits per heavy atom. The van der Waals surface area contributed by atoms with Crippen LogP contribution >= 0.6 is 11.8 Å². The minimum absolute atomic E-state index is 0.0957. The first-order valence-corrected chi connectivity index (χ1v) is 9.35. The summed E-state index contributed by atoms with van der Waals surface area (Å²) in [4.78, 5) is 23.5. The fourth-order valence-corrected chi connectivity index (χ4v) is 3.20. The Labute approximate surface area is 151 Å². The van der Waals surface area contributed by atoms with E-state index in [9.17, 15) is 4.79 Å².